The third-order valence-electron chi connectivity index (χ3n) is 2.72. The van der Waals surface area contributed by atoms with Gasteiger partial charge in [-0.15, -0.1) is 0 Å². The highest BCUT2D eigenvalue weighted by molar-refractivity contribution is 7.95. The van der Waals surface area contributed by atoms with Crippen LogP contribution in [0.2, 0.25) is 0 Å². The topological polar surface area (TPSA) is 66.4 Å². The van der Waals surface area contributed by atoms with Crippen LogP contribution in [-0.2, 0) is 10.0 Å². The normalized spacial score (nSPS) is 11.7. The first-order valence-corrected chi connectivity index (χ1v) is 7.66. The number of aryl methyl sites for hydroxylation is 1. The molecule has 2 aromatic carbocycles. The summed E-state index contributed by atoms with van der Waals surface area (Å²) in [4.78, 5) is 0. The molecule has 0 amide bonds. The standard InChI is InChI=1S/C15H14FNO3S/c1-11-2-4-12(5-3-11)8-9-21(19,20)17-15-7-6-13(18)10-14(15)16/h2-10,17-18H,1H3. The number of rotatable bonds is 4. The van der Waals surface area contributed by atoms with E-state index < -0.39 is 15.8 Å². The number of nitrogens with one attached hydrogen (secondary N) is 1. The lowest BCUT2D eigenvalue weighted by atomic mass is 10.2. The molecule has 0 unspecified atom stereocenters. The molecule has 4 nitrogen and oxygen atoms in total. The van der Waals surface area contributed by atoms with Gasteiger partial charge in [-0.3, -0.25) is 4.72 Å². The predicted molar refractivity (Wildman–Crippen MR) is 80.8 cm³/mol. The first kappa shape index (κ1) is 15.1. The molecule has 0 aliphatic rings. The lowest BCUT2D eigenvalue weighted by molar-refractivity contribution is 0.469. The highest BCUT2D eigenvalue weighted by Crippen LogP contribution is 2.20. The van der Waals surface area contributed by atoms with Crippen molar-refractivity contribution in [3.8, 4) is 5.75 Å². The monoisotopic (exact) mass is 307 g/mol. The van der Waals surface area contributed by atoms with Crippen molar-refractivity contribution in [2.75, 3.05) is 4.72 Å². The Hall–Kier alpha value is -2.34. The zero-order valence-electron chi connectivity index (χ0n) is 11.2. The fourth-order valence-electron chi connectivity index (χ4n) is 1.62. The first-order valence-electron chi connectivity index (χ1n) is 6.12. The van der Waals surface area contributed by atoms with E-state index in [0.717, 1.165) is 28.7 Å². The van der Waals surface area contributed by atoms with Crippen molar-refractivity contribution in [1.82, 2.24) is 0 Å². The van der Waals surface area contributed by atoms with Crippen LogP contribution in [0.1, 0.15) is 11.1 Å². The molecule has 110 valence electrons. The number of sulfonamides is 1. The van der Waals surface area contributed by atoms with Crippen LogP contribution in [0.15, 0.2) is 47.9 Å². The maximum absolute atomic E-state index is 13.5. The third-order valence-corrected chi connectivity index (χ3v) is 3.72. The van der Waals surface area contributed by atoms with Crippen molar-refractivity contribution in [3.05, 3.63) is 64.8 Å². The quantitative estimate of drug-likeness (QED) is 0.852. The Labute approximate surface area is 122 Å². The van der Waals surface area contributed by atoms with Gasteiger partial charge < -0.3 is 5.11 Å². The minimum atomic E-state index is -3.83. The minimum Gasteiger partial charge on any atom is -0.508 e. The van der Waals surface area contributed by atoms with Crippen molar-refractivity contribution in [1.29, 1.82) is 0 Å². The molecule has 0 aliphatic carbocycles. The van der Waals surface area contributed by atoms with Crippen LogP contribution in [0, 0.1) is 12.7 Å². The van der Waals surface area contributed by atoms with E-state index in [0.29, 0.717) is 0 Å². The number of phenols is 1. The van der Waals surface area contributed by atoms with Gasteiger partial charge in [-0.1, -0.05) is 29.8 Å². The second-order valence-corrected chi connectivity index (χ2v) is 6.09. The lowest BCUT2D eigenvalue weighted by Crippen LogP contribution is -2.10. The van der Waals surface area contributed by atoms with E-state index in [2.05, 4.69) is 4.72 Å². The van der Waals surface area contributed by atoms with Gasteiger partial charge in [0.2, 0.25) is 0 Å². The number of benzene rings is 2. The molecule has 0 saturated carbocycles. The molecule has 6 heteroatoms. The Balaban J connectivity index is 2.16. The summed E-state index contributed by atoms with van der Waals surface area (Å²) in [6.45, 7) is 1.93. The highest BCUT2D eigenvalue weighted by Gasteiger charge is 2.10. The van der Waals surface area contributed by atoms with Crippen LogP contribution < -0.4 is 4.72 Å². The van der Waals surface area contributed by atoms with E-state index in [1.165, 1.54) is 12.1 Å². The van der Waals surface area contributed by atoms with Gasteiger partial charge in [0.05, 0.1) is 11.1 Å². The molecular weight excluding hydrogens is 293 g/mol. The van der Waals surface area contributed by atoms with Crippen LogP contribution >= 0.6 is 0 Å². The molecule has 0 spiro atoms. The van der Waals surface area contributed by atoms with Crippen LogP contribution in [0.25, 0.3) is 6.08 Å². The van der Waals surface area contributed by atoms with Gasteiger partial charge in [0.25, 0.3) is 10.0 Å². The molecule has 0 aromatic heterocycles. The number of aromatic hydroxyl groups is 1. The molecule has 0 radical (unpaired) electrons. The van der Waals surface area contributed by atoms with Gasteiger partial charge in [0.15, 0.2) is 5.82 Å². The molecular formula is C15H14FNO3S. The maximum Gasteiger partial charge on any atom is 0.255 e. The number of anilines is 1. The fourth-order valence-corrected chi connectivity index (χ4v) is 2.50. The summed E-state index contributed by atoms with van der Waals surface area (Å²) in [5, 5.41) is 10.0. The van der Waals surface area contributed by atoms with Gasteiger partial charge in [-0.25, -0.2) is 12.8 Å². The van der Waals surface area contributed by atoms with Crippen LogP contribution in [0.3, 0.4) is 0 Å². The summed E-state index contributed by atoms with van der Waals surface area (Å²) >= 11 is 0. The van der Waals surface area contributed by atoms with Gasteiger partial charge in [0, 0.05) is 6.07 Å². The molecule has 0 heterocycles. The van der Waals surface area contributed by atoms with Crippen molar-refractivity contribution in [2.24, 2.45) is 0 Å². The van der Waals surface area contributed by atoms with E-state index in [1.54, 1.807) is 12.1 Å². The SMILES string of the molecule is Cc1ccc(C=CS(=O)(=O)Nc2ccc(O)cc2F)cc1. The van der Waals surface area contributed by atoms with Crippen LogP contribution in [-0.4, -0.2) is 13.5 Å². The average molecular weight is 307 g/mol. The molecule has 0 fully saturated rings. The summed E-state index contributed by atoms with van der Waals surface area (Å²) in [5.41, 5.74) is 1.57. The van der Waals surface area contributed by atoms with Gasteiger partial charge >= 0.3 is 0 Å². The zero-order valence-corrected chi connectivity index (χ0v) is 12.1. The molecule has 0 bridgehead atoms. The van der Waals surface area contributed by atoms with Crippen molar-refractivity contribution < 1.29 is 17.9 Å². The Morgan fingerprint density at radius 1 is 1.14 bits per heavy atom. The van der Waals surface area contributed by atoms with E-state index in [4.69, 9.17) is 5.11 Å². The highest BCUT2D eigenvalue weighted by atomic mass is 32.2. The van der Waals surface area contributed by atoms with Crippen LogP contribution in [0.4, 0.5) is 10.1 Å². The number of hydrogen-bond acceptors (Lipinski definition) is 3. The molecule has 2 aromatic rings. The van der Waals surface area contributed by atoms with Crippen molar-refractivity contribution >= 4 is 21.8 Å². The van der Waals surface area contributed by atoms with E-state index in [1.807, 2.05) is 19.1 Å². The first-order chi connectivity index (χ1) is 9.85. The smallest absolute Gasteiger partial charge is 0.255 e. The largest absolute Gasteiger partial charge is 0.508 e. The fraction of sp³-hybridized carbons (Fsp3) is 0.0667. The Kier molecular flexibility index (Phi) is 4.28. The summed E-state index contributed by atoms with van der Waals surface area (Å²) in [7, 11) is -3.83. The summed E-state index contributed by atoms with van der Waals surface area (Å²) in [5.74, 6) is -1.12. The summed E-state index contributed by atoms with van der Waals surface area (Å²) in [6, 6.07) is 10.5. The number of hydrogen-bond donors (Lipinski definition) is 2. The maximum atomic E-state index is 13.5. The van der Waals surface area contributed by atoms with E-state index in [9.17, 15) is 12.8 Å². The molecule has 2 N–H and O–H groups in total. The Morgan fingerprint density at radius 3 is 2.43 bits per heavy atom. The molecule has 0 atom stereocenters. The van der Waals surface area contributed by atoms with E-state index >= 15 is 0 Å². The lowest BCUT2D eigenvalue weighted by Gasteiger charge is -2.06. The second kappa shape index (κ2) is 5.97. The average Bonchev–Trinajstić information content (AvgIpc) is 2.41. The van der Waals surface area contributed by atoms with Crippen molar-refractivity contribution in [2.45, 2.75) is 6.92 Å². The van der Waals surface area contributed by atoms with Crippen molar-refractivity contribution in [3.63, 3.8) is 0 Å². The van der Waals surface area contributed by atoms with Gasteiger partial charge in [-0.05, 0) is 30.7 Å². The molecule has 2 rings (SSSR count). The zero-order chi connectivity index (χ0) is 15.5. The van der Waals surface area contributed by atoms with Crippen LogP contribution in [0.5, 0.6) is 5.75 Å². The van der Waals surface area contributed by atoms with Gasteiger partial charge in [0.1, 0.15) is 5.75 Å². The summed E-state index contributed by atoms with van der Waals surface area (Å²) < 4.78 is 39.3. The predicted octanol–water partition coefficient (Wildman–Crippen LogP) is 3.25. The Morgan fingerprint density at radius 2 is 1.81 bits per heavy atom. The number of halogens is 1. The summed E-state index contributed by atoms with van der Waals surface area (Å²) in [6.07, 6.45) is 1.42. The van der Waals surface area contributed by atoms with Gasteiger partial charge in [-0.2, -0.15) is 0 Å². The molecule has 21 heavy (non-hydrogen) atoms. The second-order valence-electron chi connectivity index (χ2n) is 4.52. The minimum absolute atomic E-state index is 0.221. The third kappa shape index (κ3) is 4.32. The molecule has 0 saturated heterocycles. The molecule has 0 aliphatic heterocycles. The number of phenolic OH excluding ortho intramolecular Hbond substituents is 1. The van der Waals surface area contributed by atoms with E-state index in [-0.39, 0.29) is 11.4 Å². The Bertz CT molecular complexity index is 768.